The van der Waals surface area contributed by atoms with Crippen molar-refractivity contribution < 1.29 is 9.53 Å². The second-order valence-electron chi connectivity index (χ2n) is 5.38. The predicted octanol–water partition coefficient (Wildman–Crippen LogP) is 3.78. The van der Waals surface area contributed by atoms with Crippen molar-refractivity contribution in [3.8, 4) is 11.8 Å². The van der Waals surface area contributed by atoms with Gasteiger partial charge in [0.1, 0.15) is 5.75 Å². The van der Waals surface area contributed by atoms with Gasteiger partial charge in [-0.1, -0.05) is 24.3 Å². The van der Waals surface area contributed by atoms with Crippen molar-refractivity contribution in [1.82, 2.24) is 0 Å². The van der Waals surface area contributed by atoms with E-state index in [1.165, 1.54) is 5.56 Å². The van der Waals surface area contributed by atoms with Gasteiger partial charge in [0.05, 0.1) is 25.5 Å². The molecule has 0 unspecified atom stereocenters. The van der Waals surface area contributed by atoms with Crippen LogP contribution in [0.4, 0.5) is 5.69 Å². The van der Waals surface area contributed by atoms with Crippen LogP contribution < -0.4 is 10.1 Å². The lowest BCUT2D eigenvalue weighted by atomic mass is 10.1. The maximum absolute atomic E-state index is 11.9. The highest BCUT2D eigenvalue weighted by Gasteiger charge is 2.05. The Morgan fingerprint density at radius 2 is 1.91 bits per heavy atom. The molecule has 0 heterocycles. The van der Waals surface area contributed by atoms with Crippen molar-refractivity contribution in [1.29, 1.82) is 5.26 Å². The van der Waals surface area contributed by atoms with Crippen LogP contribution in [0.5, 0.6) is 5.75 Å². The number of benzene rings is 2. The number of anilines is 1. The number of carbonyl (C=O) groups excluding carboxylic acids is 1. The molecule has 0 saturated heterocycles. The number of hydrogen-bond acceptors (Lipinski definition) is 3. The van der Waals surface area contributed by atoms with E-state index < -0.39 is 0 Å². The quantitative estimate of drug-likeness (QED) is 0.883. The topological polar surface area (TPSA) is 62.1 Å². The lowest BCUT2D eigenvalue weighted by Crippen LogP contribution is -2.15. The maximum atomic E-state index is 11.9. The van der Waals surface area contributed by atoms with Crippen molar-refractivity contribution in [2.75, 3.05) is 11.9 Å². The first-order valence-electron chi connectivity index (χ1n) is 7.55. The van der Waals surface area contributed by atoms with Crippen LogP contribution in [0.15, 0.2) is 42.5 Å². The van der Waals surface area contributed by atoms with Crippen LogP contribution in [0.25, 0.3) is 0 Å². The summed E-state index contributed by atoms with van der Waals surface area (Å²) >= 11 is 0. The Hall–Kier alpha value is -2.80. The first kappa shape index (κ1) is 16.6. The second kappa shape index (κ2) is 8.00. The third-order valence-corrected chi connectivity index (χ3v) is 3.66. The molecule has 23 heavy (non-hydrogen) atoms. The van der Waals surface area contributed by atoms with Gasteiger partial charge < -0.3 is 10.1 Å². The normalized spacial score (nSPS) is 9.96. The summed E-state index contributed by atoms with van der Waals surface area (Å²) in [5, 5.41) is 11.5. The zero-order valence-electron chi connectivity index (χ0n) is 13.4. The molecule has 0 spiro atoms. The molecule has 2 rings (SSSR count). The SMILES string of the molecule is Cc1cccc(OCCC(=O)Nc2ccc(CC#N)cc2)c1C. The van der Waals surface area contributed by atoms with Crippen molar-refractivity contribution in [2.45, 2.75) is 26.7 Å². The molecule has 0 aliphatic carbocycles. The lowest BCUT2D eigenvalue weighted by Gasteiger charge is -2.11. The summed E-state index contributed by atoms with van der Waals surface area (Å²) in [6.07, 6.45) is 0.658. The Morgan fingerprint density at radius 3 is 2.61 bits per heavy atom. The minimum absolute atomic E-state index is 0.0941. The van der Waals surface area contributed by atoms with Crippen molar-refractivity contribution in [3.05, 3.63) is 59.2 Å². The second-order valence-corrected chi connectivity index (χ2v) is 5.38. The Balaban J connectivity index is 1.81. The van der Waals surface area contributed by atoms with Gasteiger partial charge in [-0.25, -0.2) is 0 Å². The van der Waals surface area contributed by atoms with E-state index in [0.29, 0.717) is 13.0 Å². The zero-order valence-corrected chi connectivity index (χ0v) is 13.4. The predicted molar refractivity (Wildman–Crippen MR) is 90.4 cm³/mol. The van der Waals surface area contributed by atoms with Crippen LogP contribution in [0, 0.1) is 25.2 Å². The summed E-state index contributed by atoms with van der Waals surface area (Å²) in [4.78, 5) is 11.9. The van der Waals surface area contributed by atoms with Crippen LogP contribution in [0.2, 0.25) is 0 Å². The maximum Gasteiger partial charge on any atom is 0.227 e. The van der Waals surface area contributed by atoms with Crippen LogP contribution in [-0.2, 0) is 11.2 Å². The summed E-state index contributed by atoms with van der Waals surface area (Å²) in [5.74, 6) is 0.724. The highest BCUT2D eigenvalue weighted by Crippen LogP contribution is 2.20. The Kier molecular flexibility index (Phi) is 5.76. The van der Waals surface area contributed by atoms with E-state index in [0.717, 1.165) is 22.6 Å². The number of rotatable bonds is 6. The van der Waals surface area contributed by atoms with Crippen molar-refractivity contribution in [2.24, 2.45) is 0 Å². The van der Waals surface area contributed by atoms with Crippen LogP contribution >= 0.6 is 0 Å². The Labute approximate surface area is 136 Å². The average Bonchev–Trinajstić information content (AvgIpc) is 2.54. The largest absolute Gasteiger partial charge is 0.493 e. The van der Waals surface area contributed by atoms with Crippen molar-refractivity contribution >= 4 is 11.6 Å². The number of carbonyl (C=O) groups is 1. The first-order valence-corrected chi connectivity index (χ1v) is 7.55. The van der Waals surface area contributed by atoms with E-state index >= 15 is 0 Å². The molecule has 118 valence electrons. The third kappa shape index (κ3) is 4.86. The molecule has 0 aliphatic heterocycles. The highest BCUT2D eigenvalue weighted by atomic mass is 16.5. The molecule has 4 heteroatoms. The van der Waals surface area contributed by atoms with Crippen molar-refractivity contribution in [3.63, 3.8) is 0 Å². The smallest absolute Gasteiger partial charge is 0.227 e. The van der Waals surface area contributed by atoms with Gasteiger partial charge in [0, 0.05) is 5.69 Å². The summed E-state index contributed by atoms with van der Waals surface area (Å²) in [6.45, 7) is 4.38. The minimum atomic E-state index is -0.0941. The number of amides is 1. The van der Waals surface area contributed by atoms with E-state index in [1.54, 1.807) is 12.1 Å². The molecule has 4 nitrogen and oxygen atoms in total. The van der Waals surface area contributed by atoms with Gasteiger partial charge in [-0.05, 0) is 48.7 Å². The molecule has 0 radical (unpaired) electrons. The monoisotopic (exact) mass is 308 g/mol. The molecular weight excluding hydrogens is 288 g/mol. The van der Waals surface area contributed by atoms with Crippen LogP contribution in [-0.4, -0.2) is 12.5 Å². The zero-order chi connectivity index (χ0) is 16.7. The molecule has 0 fully saturated rings. The van der Waals surface area contributed by atoms with Crippen LogP contribution in [0.1, 0.15) is 23.1 Å². The molecule has 2 aromatic rings. The molecule has 0 aliphatic rings. The standard InChI is InChI=1S/C19H20N2O2/c1-14-4-3-5-18(15(14)2)23-13-11-19(22)21-17-8-6-16(7-9-17)10-12-20/h3-9H,10-11,13H2,1-2H3,(H,21,22). The Morgan fingerprint density at radius 1 is 1.17 bits per heavy atom. The number of aryl methyl sites for hydroxylation is 1. The fourth-order valence-electron chi connectivity index (χ4n) is 2.15. The van der Waals surface area contributed by atoms with Gasteiger partial charge >= 0.3 is 0 Å². The molecule has 2 aromatic carbocycles. The molecule has 1 N–H and O–H groups in total. The number of nitrogens with zero attached hydrogens (tertiary/aromatic N) is 1. The summed E-state index contributed by atoms with van der Waals surface area (Å²) < 4.78 is 5.68. The number of nitriles is 1. The summed E-state index contributed by atoms with van der Waals surface area (Å²) in [6, 6.07) is 15.3. The van der Waals surface area contributed by atoms with Crippen LogP contribution in [0.3, 0.4) is 0 Å². The van der Waals surface area contributed by atoms with Gasteiger partial charge in [-0.2, -0.15) is 5.26 Å². The molecule has 0 bridgehead atoms. The van der Waals surface area contributed by atoms with Gasteiger partial charge in [-0.3, -0.25) is 4.79 Å². The summed E-state index contributed by atoms with van der Waals surface area (Å²) in [7, 11) is 0. The number of ether oxygens (including phenoxy) is 1. The van der Waals surface area contributed by atoms with E-state index in [2.05, 4.69) is 11.4 Å². The molecular formula is C19H20N2O2. The number of hydrogen-bond donors (Lipinski definition) is 1. The minimum Gasteiger partial charge on any atom is -0.493 e. The fraction of sp³-hybridized carbons (Fsp3) is 0.263. The van der Waals surface area contributed by atoms with Gasteiger partial charge in [0.25, 0.3) is 0 Å². The van der Waals surface area contributed by atoms with Gasteiger partial charge in [-0.15, -0.1) is 0 Å². The molecule has 0 atom stereocenters. The summed E-state index contributed by atoms with van der Waals surface area (Å²) in [5.41, 5.74) is 3.93. The fourth-order valence-corrected chi connectivity index (χ4v) is 2.15. The van der Waals surface area contributed by atoms with E-state index in [1.807, 2.05) is 44.2 Å². The third-order valence-electron chi connectivity index (χ3n) is 3.66. The molecule has 1 amide bonds. The average molecular weight is 308 g/mol. The van der Waals surface area contributed by atoms with E-state index in [-0.39, 0.29) is 12.3 Å². The molecule has 0 aromatic heterocycles. The lowest BCUT2D eigenvalue weighted by molar-refractivity contribution is -0.116. The Bertz CT molecular complexity index is 715. The van der Waals surface area contributed by atoms with E-state index in [9.17, 15) is 4.79 Å². The van der Waals surface area contributed by atoms with Gasteiger partial charge in [0.15, 0.2) is 0 Å². The highest BCUT2D eigenvalue weighted by molar-refractivity contribution is 5.90. The first-order chi connectivity index (χ1) is 11.1. The molecule has 0 saturated carbocycles. The van der Waals surface area contributed by atoms with E-state index in [4.69, 9.17) is 10.00 Å². The number of nitrogens with one attached hydrogen (secondary N) is 1. The van der Waals surface area contributed by atoms with Gasteiger partial charge in [0.2, 0.25) is 5.91 Å².